The predicted octanol–water partition coefficient (Wildman–Crippen LogP) is 2.69. The molecule has 0 aromatic heterocycles. The maximum atomic E-state index is 12.4. The van der Waals surface area contributed by atoms with Crippen LogP contribution in [0.25, 0.3) is 0 Å². The molecule has 124 valence electrons. The third-order valence-electron chi connectivity index (χ3n) is 5.26. The second kappa shape index (κ2) is 6.34. The number of aryl methyl sites for hydroxylation is 2. The number of fused-ring (bicyclic) bond motifs is 1. The zero-order chi connectivity index (χ0) is 16.6. The number of hydrogen-bond donors (Lipinski definition) is 1. The smallest absolute Gasteiger partial charge is 0.227 e. The molecule has 0 spiro atoms. The van der Waals surface area contributed by atoms with E-state index < -0.39 is 0 Å². The highest BCUT2D eigenvalue weighted by Crippen LogP contribution is 2.30. The van der Waals surface area contributed by atoms with E-state index in [-0.39, 0.29) is 23.8 Å². The Bertz CT molecular complexity index is 624. The molecular formula is C19H26N2O2. The number of rotatable bonds is 4. The topological polar surface area (TPSA) is 49.4 Å². The summed E-state index contributed by atoms with van der Waals surface area (Å²) in [6.45, 7) is 6.68. The molecule has 1 aromatic carbocycles. The second-order valence-electron chi connectivity index (χ2n) is 7.25. The lowest BCUT2D eigenvalue weighted by molar-refractivity contribution is -0.127. The van der Waals surface area contributed by atoms with Gasteiger partial charge in [-0.15, -0.1) is 0 Å². The highest BCUT2D eigenvalue weighted by molar-refractivity contribution is 6.00. The van der Waals surface area contributed by atoms with Gasteiger partial charge >= 0.3 is 0 Å². The van der Waals surface area contributed by atoms with Gasteiger partial charge in [0.1, 0.15) is 0 Å². The van der Waals surface area contributed by atoms with Crippen molar-refractivity contribution >= 4 is 17.5 Å². The first-order chi connectivity index (χ1) is 11.0. The molecule has 1 aromatic rings. The number of nitrogens with one attached hydrogen (secondary N) is 1. The molecule has 4 nitrogen and oxygen atoms in total. The van der Waals surface area contributed by atoms with Gasteiger partial charge in [0.15, 0.2) is 0 Å². The lowest BCUT2D eigenvalue weighted by Gasteiger charge is -2.21. The molecule has 1 aliphatic carbocycles. The first kappa shape index (κ1) is 16.0. The number of nitrogens with zero attached hydrogens (tertiary/aromatic N) is 1. The van der Waals surface area contributed by atoms with Crippen LogP contribution in [-0.2, 0) is 22.4 Å². The van der Waals surface area contributed by atoms with E-state index in [4.69, 9.17) is 0 Å². The number of amides is 2. The fourth-order valence-electron chi connectivity index (χ4n) is 3.37. The van der Waals surface area contributed by atoms with Gasteiger partial charge in [0, 0.05) is 24.7 Å². The number of hydrogen-bond acceptors (Lipinski definition) is 2. The fraction of sp³-hybridized carbons (Fsp3) is 0.579. The molecule has 0 bridgehead atoms. The van der Waals surface area contributed by atoms with Crippen LogP contribution in [0.15, 0.2) is 18.2 Å². The van der Waals surface area contributed by atoms with Crippen molar-refractivity contribution in [1.82, 2.24) is 5.32 Å². The van der Waals surface area contributed by atoms with Crippen molar-refractivity contribution in [3.05, 3.63) is 29.3 Å². The van der Waals surface area contributed by atoms with Gasteiger partial charge < -0.3 is 10.2 Å². The van der Waals surface area contributed by atoms with Crippen LogP contribution in [0.2, 0.25) is 0 Å². The Morgan fingerprint density at radius 2 is 1.96 bits per heavy atom. The Labute approximate surface area is 138 Å². The summed E-state index contributed by atoms with van der Waals surface area (Å²) in [5.74, 6) is 0.212. The van der Waals surface area contributed by atoms with Gasteiger partial charge in [-0.1, -0.05) is 19.9 Å². The first-order valence-corrected chi connectivity index (χ1v) is 8.68. The molecule has 0 saturated carbocycles. The highest BCUT2D eigenvalue weighted by Gasteiger charge is 2.35. The van der Waals surface area contributed by atoms with E-state index in [0.29, 0.717) is 18.9 Å². The van der Waals surface area contributed by atoms with Crippen molar-refractivity contribution in [3.8, 4) is 0 Å². The van der Waals surface area contributed by atoms with Crippen LogP contribution in [0.1, 0.15) is 44.7 Å². The average Bonchev–Trinajstić information content (AvgIpc) is 3.12. The maximum absolute atomic E-state index is 12.4. The third kappa shape index (κ3) is 3.26. The van der Waals surface area contributed by atoms with Crippen LogP contribution in [0.4, 0.5) is 5.69 Å². The summed E-state index contributed by atoms with van der Waals surface area (Å²) in [5, 5.41) is 3.04. The normalized spacial score (nSPS) is 21.7. The van der Waals surface area contributed by atoms with Gasteiger partial charge in [0.05, 0.1) is 5.92 Å². The summed E-state index contributed by atoms with van der Waals surface area (Å²) < 4.78 is 0. The highest BCUT2D eigenvalue weighted by atomic mass is 16.2. The van der Waals surface area contributed by atoms with Crippen LogP contribution >= 0.6 is 0 Å². The Balaban J connectivity index is 1.69. The largest absolute Gasteiger partial charge is 0.353 e. The van der Waals surface area contributed by atoms with Crippen molar-refractivity contribution in [2.45, 2.75) is 52.5 Å². The van der Waals surface area contributed by atoms with E-state index >= 15 is 0 Å². The summed E-state index contributed by atoms with van der Waals surface area (Å²) in [4.78, 5) is 26.5. The predicted molar refractivity (Wildman–Crippen MR) is 91.4 cm³/mol. The Morgan fingerprint density at radius 1 is 1.22 bits per heavy atom. The molecule has 4 heteroatoms. The van der Waals surface area contributed by atoms with E-state index in [0.717, 1.165) is 18.5 Å². The first-order valence-electron chi connectivity index (χ1n) is 8.68. The average molecular weight is 314 g/mol. The van der Waals surface area contributed by atoms with Gasteiger partial charge in [-0.3, -0.25) is 9.59 Å². The summed E-state index contributed by atoms with van der Waals surface area (Å²) in [7, 11) is 0. The van der Waals surface area contributed by atoms with Crippen molar-refractivity contribution < 1.29 is 9.59 Å². The van der Waals surface area contributed by atoms with Crippen LogP contribution in [0.3, 0.4) is 0 Å². The summed E-state index contributed by atoms with van der Waals surface area (Å²) >= 11 is 0. The molecular weight excluding hydrogens is 288 g/mol. The molecule has 1 saturated heterocycles. The number of carbonyl (C=O) groups excluding carboxylic acids is 2. The van der Waals surface area contributed by atoms with Crippen molar-refractivity contribution in [2.75, 3.05) is 11.4 Å². The molecule has 1 heterocycles. The maximum Gasteiger partial charge on any atom is 0.227 e. The minimum absolute atomic E-state index is 0.00297. The van der Waals surface area contributed by atoms with Crippen LogP contribution in [0.5, 0.6) is 0 Å². The molecule has 23 heavy (non-hydrogen) atoms. The molecule has 1 N–H and O–H groups in total. The summed E-state index contributed by atoms with van der Waals surface area (Å²) in [6, 6.07) is 6.43. The van der Waals surface area contributed by atoms with E-state index in [1.165, 1.54) is 17.5 Å². The molecule has 2 aliphatic rings. The van der Waals surface area contributed by atoms with Crippen LogP contribution < -0.4 is 10.2 Å². The standard InChI is InChI=1S/C19H26N2O2/c1-12(2)13(3)20-19(23)16-10-18(22)21(11-16)17-8-7-14-5-4-6-15(14)9-17/h7-9,12-13,16H,4-6,10-11H2,1-3H3,(H,20,23). The molecule has 0 radical (unpaired) electrons. The van der Waals surface area contributed by atoms with Crippen molar-refractivity contribution in [2.24, 2.45) is 11.8 Å². The zero-order valence-electron chi connectivity index (χ0n) is 14.3. The van der Waals surface area contributed by atoms with Gasteiger partial charge in [-0.25, -0.2) is 0 Å². The molecule has 1 fully saturated rings. The molecule has 1 aliphatic heterocycles. The quantitative estimate of drug-likeness (QED) is 0.929. The van der Waals surface area contributed by atoms with Crippen LogP contribution in [-0.4, -0.2) is 24.4 Å². The fourth-order valence-corrected chi connectivity index (χ4v) is 3.37. The van der Waals surface area contributed by atoms with Crippen molar-refractivity contribution in [1.29, 1.82) is 0 Å². The minimum Gasteiger partial charge on any atom is -0.353 e. The van der Waals surface area contributed by atoms with E-state index in [9.17, 15) is 9.59 Å². The van der Waals surface area contributed by atoms with Gasteiger partial charge in [0.25, 0.3) is 0 Å². The van der Waals surface area contributed by atoms with Gasteiger partial charge in [-0.2, -0.15) is 0 Å². The zero-order valence-corrected chi connectivity index (χ0v) is 14.3. The van der Waals surface area contributed by atoms with Gasteiger partial charge in [0.2, 0.25) is 11.8 Å². The number of carbonyl (C=O) groups is 2. The minimum atomic E-state index is -0.239. The van der Waals surface area contributed by atoms with E-state index in [1.54, 1.807) is 4.90 Å². The monoisotopic (exact) mass is 314 g/mol. The summed E-state index contributed by atoms with van der Waals surface area (Å²) in [6.07, 6.45) is 3.75. The lowest BCUT2D eigenvalue weighted by atomic mass is 10.0. The van der Waals surface area contributed by atoms with Crippen LogP contribution in [0, 0.1) is 11.8 Å². The van der Waals surface area contributed by atoms with Gasteiger partial charge in [-0.05, 0) is 55.4 Å². The van der Waals surface area contributed by atoms with E-state index in [2.05, 4.69) is 31.3 Å². The number of benzene rings is 1. The Morgan fingerprint density at radius 3 is 2.70 bits per heavy atom. The Hall–Kier alpha value is -1.84. The lowest BCUT2D eigenvalue weighted by Crippen LogP contribution is -2.40. The van der Waals surface area contributed by atoms with E-state index in [1.807, 2.05) is 13.0 Å². The number of anilines is 1. The second-order valence-corrected chi connectivity index (χ2v) is 7.25. The molecule has 2 unspecified atom stereocenters. The Kier molecular flexibility index (Phi) is 4.42. The SMILES string of the molecule is CC(C)C(C)NC(=O)C1CC(=O)N(c2ccc3c(c2)CCC3)C1. The molecule has 3 rings (SSSR count). The molecule has 2 atom stereocenters. The third-order valence-corrected chi connectivity index (χ3v) is 5.26. The summed E-state index contributed by atoms with van der Waals surface area (Å²) in [5.41, 5.74) is 3.71. The molecule has 2 amide bonds. The van der Waals surface area contributed by atoms with Crippen molar-refractivity contribution in [3.63, 3.8) is 0 Å².